The van der Waals surface area contributed by atoms with Crippen LogP contribution in [0.25, 0.3) is 0 Å². The summed E-state index contributed by atoms with van der Waals surface area (Å²) in [5, 5.41) is 8.43. The monoisotopic (exact) mass is 234 g/mol. The lowest BCUT2D eigenvalue weighted by Gasteiger charge is -2.17. The van der Waals surface area contributed by atoms with Gasteiger partial charge < -0.3 is 5.11 Å². The highest BCUT2D eigenvalue weighted by atomic mass is 19.4. The van der Waals surface area contributed by atoms with Crippen molar-refractivity contribution < 1.29 is 31.9 Å². The molecule has 0 bridgehead atoms. The molecule has 0 aromatic rings. The highest BCUT2D eigenvalue weighted by Gasteiger charge is 2.35. The predicted molar refractivity (Wildman–Crippen MR) is 41.7 cm³/mol. The first kappa shape index (κ1) is 14.1. The van der Waals surface area contributed by atoms with E-state index in [9.17, 15) is 26.7 Å². The van der Waals surface area contributed by atoms with E-state index in [-0.39, 0.29) is 0 Å². The summed E-state index contributed by atoms with van der Waals surface area (Å²) in [5.74, 6) is -6.55. The molecule has 1 unspecified atom stereocenters. The van der Waals surface area contributed by atoms with Crippen LogP contribution < -0.4 is 0 Å². The first-order valence-corrected chi connectivity index (χ1v) is 4.18. The number of aliphatic carboxylic acids is 1. The smallest absolute Gasteiger partial charge is 0.389 e. The molecule has 15 heavy (non-hydrogen) atoms. The van der Waals surface area contributed by atoms with Crippen LogP contribution >= 0.6 is 0 Å². The molecule has 90 valence electrons. The van der Waals surface area contributed by atoms with Gasteiger partial charge in [0.25, 0.3) is 0 Å². The number of carbonyl (C=O) groups is 1. The van der Waals surface area contributed by atoms with Gasteiger partial charge >= 0.3 is 12.1 Å². The van der Waals surface area contributed by atoms with Gasteiger partial charge in [-0.2, -0.15) is 13.2 Å². The largest absolute Gasteiger partial charge is 0.481 e. The first-order valence-electron chi connectivity index (χ1n) is 4.18. The van der Waals surface area contributed by atoms with E-state index in [4.69, 9.17) is 5.11 Å². The molecular formula is C8H11F5O2. The van der Waals surface area contributed by atoms with Gasteiger partial charge in [0.05, 0.1) is 5.92 Å². The minimum Gasteiger partial charge on any atom is -0.481 e. The topological polar surface area (TPSA) is 37.3 Å². The summed E-state index contributed by atoms with van der Waals surface area (Å²) in [5.41, 5.74) is 0. The Morgan fingerprint density at radius 1 is 1.27 bits per heavy atom. The standard InChI is InChI=1S/C8H11F5O2/c1-7(9,10)4-5(6(14)15)2-3-8(11,12)13/h5H,2-4H2,1H3,(H,14,15). The van der Waals surface area contributed by atoms with Crippen molar-refractivity contribution in [2.24, 2.45) is 5.92 Å². The SMILES string of the molecule is CC(F)(F)CC(CCC(F)(F)F)C(=O)O. The lowest BCUT2D eigenvalue weighted by atomic mass is 9.96. The molecule has 0 amide bonds. The molecular weight excluding hydrogens is 223 g/mol. The van der Waals surface area contributed by atoms with E-state index in [0.717, 1.165) is 0 Å². The second-order valence-corrected chi connectivity index (χ2v) is 3.46. The molecule has 0 rings (SSSR count). The van der Waals surface area contributed by atoms with Crippen LogP contribution in [0.2, 0.25) is 0 Å². The zero-order valence-corrected chi connectivity index (χ0v) is 7.94. The fourth-order valence-corrected chi connectivity index (χ4v) is 1.08. The highest BCUT2D eigenvalue weighted by molar-refractivity contribution is 5.70. The molecule has 0 spiro atoms. The highest BCUT2D eigenvalue weighted by Crippen LogP contribution is 2.30. The number of alkyl halides is 5. The Kier molecular flexibility index (Phi) is 4.48. The van der Waals surface area contributed by atoms with E-state index in [1.165, 1.54) is 0 Å². The Bertz CT molecular complexity index is 218. The van der Waals surface area contributed by atoms with Crippen LogP contribution in [0.1, 0.15) is 26.2 Å². The zero-order valence-electron chi connectivity index (χ0n) is 7.94. The lowest BCUT2D eigenvalue weighted by molar-refractivity contribution is -0.152. The van der Waals surface area contributed by atoms with Gasteiger partial charge in [-0.15, -0.1) is 0 Å². The fraction of sp³-hybridized carbons (Fsp3) is 0.875. The molecule has 0 aromatic heterocycles. The van der Waals surface area contributed by atoms with Crippen LogP contribution in [0.4, 0.5) is 22.0 Å². The van der Waals surface area contributed by atoms with Gasteiger partial charge in [-0.05, 0) is 13.3 Å². The third-order valence-corrected chi connectivity index (χ3v) is 1.73. The summed E-state index contributed by atoms with van der Waals surface area (Å²) >= 11 is 0. The number of carboxylic acids is 1. The second-order valence-electron chi connectivity index (χ2n) is 3.46. The molecule has 0 aliphatic carbocycles. The van der Waals surface area contributed by atoms with E-state index in [0.29, 0.717) is 6.92 Å². The molecule has 2 nitrogen and oxygen atoms in total. The minimum absolute atomic E-state index is 0.483. The number of hydrogen-bond donors (Lipinski definition) is 1. The summed E-state index contributed by atoms with van der Waals surface area (Å²) < 4.78 is 60.0. The molecule has 0 saturated carbocycles. The van der Waals surface area contributed by atoms with Gasteiger partial charge in [0, 0.05) is 12.8 Å². The molecule has 0 aliphatic rings. The van der Waals surface area contributed by atoms with E-state index in [1.807, 2.05) is 0 Å². The minimum atomic E-state index is -4.52. The Balaban J connectivity index is 4.25. The number of hydrogen-bond acceptors (Lipinski definition) is 1. The Hall–Kier alpha value is -0.880. The Morgan fingerprint density at radius 3 is 2.00 bits per heavy atom. The molecule has 0 fully saturated rings. The summed E-state index contributed by atoms with van der Waals surface area (Å²) in [6.07, 6.45) is -7.77. The Labute approximate surface area is 83.1 Å². The summed E-state index contributed by atoms with van der Waals surface area (Å²) in [4.78, 5) is 10.4. The summed E-state index contributed by atoms with van der Waals surface area (Å²) in [6.45, 7) is 0.483. The van der Waals surface area contributed by atoms with Crippen molar-refractivity contribution in [3.63, 3.8) is 0 Å². The van der Waals surface area contributed by atoms with Crippen LogP contribution in [0.5, 0.6) is 0 Å². The number of carboxylic acid groups (broad SMARTS) is 1. The van der Waals surface area contributed by atoms with Crippen molar-refractivity contribution in [1.29, 1.82) is 0 Å². The molecule has 0 aliphatic heterocycles. The van der Waals surface area contributed by atoms with Gasteiger partial charge in [0.15, 0.2) is 0 Å². The van der Waals surface area contributed by atoms with Crippen LogP contribution in [0, 0.1) is 5.92 Å². The molecule has 0 heterocycles. The van der Waals surface area contributed by atoms with E-state index in [1.54, 1.807) is 0 Å². The molecule has 1 atom stereocenters. The van der Waals surface area contributed by atoms with Crippen molar-refractivity contribution in [1.82, 2.24) is 0 Å². The predicted octanol–water partition coefficient (Wildman–Crippen LogP) is 3.08. The maximum absolute atomic E-state index is 12.4. The van der Waals surface area contributed by atoms with Crippen LogP contribution in [0.3, 0.4) is 0 Å². The van der Waals surface area contributed by atoms with Gasteiger partial charge in [0.1, 0.15) is 0 Å². The normalized spacial score (nSPS) is 15.1. The van der Waals surface area contributed by atoms with Crippen LogP contribution in [0.15, 0.2) is 0 Å². The van der Waals surface area contributed by atoms with Crippen LogP contribution in [-0.4, -0.2) is 23.2 Å². The summed E-state index contributed by atoms with van der Waals surface area (Å²) in [6, 6.07) is 0. The number of rotatable bonds is 5. The van der Waals surface area contributed by atoms with E-state index >= 15 is 0 Å². The molecule has 0 aromatic carbocycles. The Morgan fingerprint density at radius 2 is 1.73 bits per heavy atom. The lowest BCUT2D eigenvalue weighted by Crippen LogP contribution is -2.24. The average molecular weight is 234 g/mol. The van der Waals surface area contributed by atoms with Crippen molar-refractivity contribution in [3.05, 3.63) is 0 Å². The second kappa shape index (κ2) is 4.76. The molecule has 7 heteroatoms. The van der Waals surface area contributed by atoms with Gasteiger partial charge in [-0.1, -0.05) is 0 Å². The van der Waals surface area contributed by atoms with Gasteiger partial charge in [-0.25, -0.2) is 8.78 Å². The zero-order chi connectivity index (χ0) is 12.3. The van der Waals surface area contributed by atoms with Gasteiger partial charge in [0.2, 0.25) is 5.92 Å². The summed E-state index contributed by atoms with van der Waals surface area (Å²) in [7, 11) is 0. The van der Waals surface area contributed by atoms with Crippen molar-refractivity contribution in [3.8, 4) is 0 Å². The van der Waals surface area contributed by atoms with Crippen LogP contribution in [-0.2, 0) is 4.79 Å². The third kappa shape index (κ3) is 8.14. The van der Waals surface area contributed by atoms with Gasteiger partial charge in [-0.3, -0.25) is 4.79 Å². The fourth-order valence-electron chi connectivity index (χ4n) is 1.08. The van der Waals surface area contributed by atoms with Crippen molar-refractivity contribution in [2.75, 3.05) is 0 Å². The average Bonchev–Trinajstić information content (AvgIpc) is 1.93. The van der Waals surface area contributed by atoms with E-state index < -0.39 is 43.2 Å². The first-order chi connectivity index (χ1) is 6.51. The maximum Gasteiger partial charge on any atom is 0.389 e. The van der Waals surface area contributed by atoms with E-state index in [2.05, 4.69) is 0 Å². The molecule has 0 saturated heterocycles. The quantitative estimate of drug-likeness (QED) is 0.742. The van der Waals surface area contributed by atoms with Crippen molar-refractivity contribution in [2.45, 2.75) is 38.3 Å². The van der Waals surface area contributed by atoms with Crippen molar-refractivity contribution >= 4 is 5.97 Å². The number of halogens is 5. The molecule has 1 N–H and O–H groups in total. The maximum atomic E-state index is 12.4. The third-order valence-electron chi connectivity index (χ3n) is 1.73. The molecule has 0 radical (unpaired) electrons.